The second kappa shape index (κ2) is 10.1. The molecule has 168 valence electrons. The molecule has 0 radical (unpaired) electrons. The molecule has 0 aliphatic rings. The Balaban J connectivity index is 1.69. The van der Waals surface area contributed by atoms with Crippen LogP contribution in [-0.4, -0.2) is 41.0 Å². The fourth-order valence-corrected chi connectivity index (χ4v) is 3.31. The van der Waals surface area contributed by atoms with E-state index < -0.39 is 11.7 Å². The fraction of sp³-hybridized carbons (Fsp3) is 0.160. The molecule has 0 atom stereocenters. The van der Waals surface area contributed by atoms with E-state index in [1.54, 1.807) is 36.1 Å². The summed E-state index contributed by atoms with van der Waals surface area (Å²) in [7, 11) is 1.59. The molecule has 1 aromatic heterocycles. The van der Waals surface area contributed by atoms with E-state index in [0.29, 0.717) is 30.4 Å². The average molecular weight is 446 g/mol. The number of aromatic nitrogens is 3. The van der Waals surface area contributed by atoms with E-state index in [-0.39, 0.29) is 11.6 Å². The number of amides is 1. The number of benzene rings is 3. The normalized spacial score (nSPS) is 10.8. The second-order valence-electron chi connectivity index (χ2n) is 7.27. The van der Waals surface area contributed by atoms with E-state index in [4.69, 9.17) is 9.47 Å². The smallest absolute Gasteiger partial charge is 0.336 e. The maximum atomic E-state index is 14.0. The summed E-state index contributed by atoms with van der Waals surface area (Å²) in [5.74, 6) is -0.522. The zero-order valence-corrected chi connectivity index (χ0v) is 18.3. The highest BCUT2D eigenvalue weighted by atomic mass is 19.1. The molecule has 1 amide bonds. The fourth-order valence-electron chi connectivity index (χ4n) is 3.31. The molecule has 8 heteroatoms. The van der Waals surface area contributed by atoms with Crippen molar-refractivity contribution in [3.8, 4) is 23.1 Å². The molecule has 0 aliphatic carbocycles. The molecule has 0 aliphatic heterocycles. The van der Waals surface area contributed by atoms with Crippen molar-refractivity contribution in [3.63, 3.8) is 0 Å². The van der Waals surface area contributed by atoms with Crippen molar-refractivity contribution in [1.29, 1.82) is 0 Å². The Bertz CT molecular complexity index is 1270. The van der Waals surface area contributed by atoms with Gasteiger partial charge in [0.1, 0.15) is 12.4 Å². The number of halogens is 1. The first-order valence-corrected chi connectivity index (χ1v) is 10.4. The van der Waals surface area contributed by atoms with Gasteiger partial charge in [-0.05, 0) is 42.8 Å². The SMILES string of the molecule is COCCOc1nc(-c2ccccc2C)n(-c2cccc(NC(=O)c3ccccc3F)c2)n1. The van der Waals surface area contributed by atoms with Crippen LogP contribution in [0.25, 0.3) is 17.1 Å². The number of hydrogen-bond donors (Lipinski definition) is 1. The van der Waals surface area contributed by atoms with Gasteiger partial charge in [0, 0.05) is 18.4 Å². The molecular formula is C25H23FN4O3. The van der Waals surface area contributed by atoms with Gasteiger partial charge in [0.25, 0.3) is 5.91 Å². The maximum absolute atomic E-state index is 14.0. The molecule has 0 bridgehead atoms. The lowest BCUT2D eigenvalue weighted by atomic mass is 10.1. The van der Waals surface area contributed by atoms with Gasteiger partial charge < -0.3 is 14.8 Å². The van der Waals surface area contributed by atoms with Crippen LogP contribution in [0.3, 0.4) is 0 Å². The van der Waals surface area contributed by atoms with Crippen molar-refractivity contribution < 1.29 is 18.7 Å². The third-order valence-corrected chi connectivity index (χ3v) is 4.96. The highest BCUT2D eigenvalue weighted by molar-refractivity contribution is 6.04. The molecule has 0 saturated carbocycles. The molecule has 33 heavy (non-hydrogen) atoms. The van der Waals surface area contributed by atoms with Crippen molar-refractivity contribution >= 4 is 11.6 Å². The van der Waals surface area contributed by atoms with Crippen LogP contribution in [0.15, 0.2) is 72.8 Å². The van der Waals surface area contributed by atoms with Gasteiger partial charge in [-0.1, -0.05) is 42.5 Å². The highest BCUT2D eigenvalue weighted by Gasteiger charge is 2.17. The van der Waals surface area contributed by atoms with E-state index in [9.17, 15) is 9.18 Å². The summed E-state index contributed by atoms with van der Waals surface area (Å²) in [6.07, 6.45) is 0. The molecular weight excluding hydrogens is 423 g/mol. The summed E-state index contributed by atoms with van der Waals surface area (Å²) in [4.78, 5) is 17.1. The third kappa shape index (κ3) is 5.07. The zero-order valence-electron chi connectivity index (χ0n) is 18.3. The number of rotatable bonds is 8. The molecule has 0 fully saturated rings. The minimum absolute atomic E-state index is 0.0295. The van der Waals surface area contributed by atoms with E-state index in [1.165, 1.54) is 18.2 Å². The maximum Gasteiger partial charge on any atom is 0.336 e. The Kier molecular flexibility index (Phi) is 6.75. The van der Waals surface area contributed by atoms with E-state index in [0.717, 1.165) is 11.1 Å². The van der Waals surface area contributed by atoms with Gasteiger partial charge in [-0.2, -0.15) is 4.98 Å². The lowest BCUT2D eigenvalue weighted by Crippen LogP contribution is -2.14. The first kappa shape index (κ1) is 22.2. The minimum atomic E-state index is -0.581. The molecule has 4 aromatic rings. The van der Waals surface area contributed by atoms with Gasteiger partial charge in [-0.3, -0.25) is 4.79 Å². The number of nitrogens with zero attached hydrogens (tertiary/aromatic N) is 3. The Morgan fingerprint density at radius 2 is 1.82 bits per heavy atom. The second-order valence-corrected chi connectivity index (χ2v) is 7.27. The van der Waals surface area contributed by atoms with E-state index in [2.05, 4.69) is 15.4 Å². The zero-order chi connectivity index (χ0) is 23.2. The first-order chi connectivity index (χ1) is 16.1. The molecule has 0 spiro atoms. The van der Waals surface area contributed by atoms with Crippen LogP contribution in [0.5, 0.6) is 6.01 Å². The average Bonchev–Trinajstić information content (AvgIpc) is 3.24. The monoisotopic (exact) mass is 446 g/mol. The lowest BCUT2D eigenvalue weighted by molar-refractivity contribution is 0.102. The van der Waals surface area contributed by atoms with E-state index >= 15 is 0 Å². The Morgan fingerprint density at radius 1 is 1.03 bits per heavy atom. The summed E-state index contributed by atoms with van der Waals surface area (Å²) >= 11 is 0. The van der Waals surface area contributed by atoms with Crippen LogP contribution >= 0.6 is 0 Å². The number of anilines is 1. The van der Waals surface area contributed by atoms with Crippen LogP contribution in [-0.2, 0) is 4.74 Å². The van der Waals surface area contributed by atoms with Crippen LogP contribution in [0.4, 0.5) is 10.1 Å². The first-order valence-electron chi connectivity index (χ1n) is 10.4. The molecule has 1 heterocycles. The van der Waals surface area contributed by atoms with Gasteiger partial charge in [0.2, 0.25) is 0 Å². The van der Waals surface area contributed by atoms with Gasteiger partial charge in [0.05, 0.1) is 17.9 Å². The molecule has 0 unspecified atom stereocenters. The molecule has 0 saturated heterocycles. The summed E-state index contributed by atoms with van der Waals surface area (Å²) in [5, 5.41) is 7.26. The van der Waals surface area contributed by atoms with Crippen LogP contribution in [0, 0.1) is 12.7 Å². The number of methoxy groups -OCH3 is 1. The standard InChI is InChI=1S/C25H23FN4O3/c1-17-8-3-4-11-20(17)23-28-25(33-15-14-32-2)29-30(23)19-10-7-9-18(16-19)27-24(31)21-12-5-6-13-22(21)26/h3-13,16H,14-15H2,1-2H3,(H,27,31). The number of ether oxygens (including phenoxy) is 2. The predicted octanol–water partition coefficient (Wildman–Crippen LogP) is 4.66. The Hall–Kier alpha value is -4.04. The van der Waals surface area contributed by atoms with Gasteiger partial charge >= 0.3 is 6.01 Å². The van der Waals surface area contributed by atoms with Crippen molar-refractivity contribution in [2.24, 2.45) is 0 Å². The number of hydrogen-bond acceptors (Lipinski definition) is 5. The van der Waals surface area contributed by atoms with Gasteiger partial charge in [-0.25, -0.2) is 9.07 Å². The lowest BCUT2D eigenvalue weighted by Gasteiger charge is -2.10. The molecule has 4 rings (SSSR count). The van der Waals surface area contributed by atoms with E-state index in [1.807, 2.05) is 37.3 Å². The Morgan fingerprint density at radius 3 is 2.61 bits per heavy atom. The van der Waals surface area contributed by atoms with Gasteiger partial charge in [0.15, 0.2) is 5.82 Å². The minimum Gasteiger partial charge on any atom is -0.460 e. The summed E-state index contributed by atoms with van der Waals surface area (Å²) in [5.41, 5.74) is 3.05. The largest absolute Gasteiger partial charge is 0.460 e. The van der Waals surface area contributed by atoms with Crippen molar-refractivity contribution in [2.75, 3.05) is 25.6 Å². The Labute approximate surface area is 190 Å². The molecule has 1 N–H and O–H groups in total. The predicted molar refractivity (Wildman–Crippen MR) is 123 cm³/mol. The van der Waals surface area contributed by atoms with Crippen LogP contribution in [0.1, 0.15) is 15.9 Å². The van der Waals surface area contributed by atoms with Crippen molar-refractivity contribution in [1.82, 2.24) is 14.8 Å². The summed E-state index contributed by atoms with van der Waals surface area (Å²) in [6, 6.07) is 21.0. The number of aryl methyl sites for hydroxylation is 1. The summed E-state index contributed by atoms with van der Waals surface area (Å²) in [6.45, 7) is 2.71. The highest BCUT2D eigenvalue weighted by Crippen LogP contribution is 2.27. The summed E-state index contributed by atoms with van der Waals surface area (Å²) < 4.78 is 26.3. The third-order valence-electron chi connectivity index (χ3n) is 4.96. The van der Waals surface area contributed by atoms with Crippen molar-refractivity contribution in [3.05, 3.63) is 89.7 Å². The van der Waals surface area contributed by atoms with Crippen LogP contribution < -0.4 is 10.1 Å². The molecule has 7 nitrogen and oxygen atoms in total. The number of nitrogens with one attached hydrogen (secondary N) is 1. The van der Waals surface area contributed by atoms with Gasteiger partial charge in [-0.15, -0.1) is 5.10 Å². The van der Waals surface area contributed by atoms with Crippen molar-refractivity contribution in [2.45, 2.75) is 6.92 Å². The number of carbonyl (C=O) groups excluding carboxylic acids is 1. The van der Waals surface area contributed by atoms with Crippen LogP contribution in [0.2, 0.25) is 0 Å². The molecule has 3 aromatic carbocycles. The number of carbonyl (C=O) groups is 1. The quantitative estimate of drug-likeness (QED) is 0.398. The topological polar surface area (TPSA) is 78.3 Å².